The van der Waals surface area contributed by atoms with Crippen molar-refractivity contribution in [2.24, 2.45) is 0 Å². The molecule has 0 saturated carbocycles. The Kier molecular flexibility index (Phi) is 6.01. The summed E-state index contributed by atoms with van der Waals surface area (Å²) in [6.45, 7) is 4.18. The average molecular weight is 326 g/mol. The van der Waals surface area contributed by atoms with E-state index in [1.165, 1.54) is 38.8 Å². The Morgan fingerprint density at radius 1 is 1.08 bits per heavy atom. The van der Waals surface area contributed by atoms with E-state index in [-0.39, 0.29) is 5.91 Å². The van der Waals surface area contributed by atoms with E-state index in [0.29, 0.717) is 12.2 Å². The van der Waals surface area contributed by atoms with Crippen LogP contribution in [0.5, 0.6) is 0 Å². The van der Waals surface area contributed by atoms with Crippen molar-refractivity contribution in [3.63, 3.8) is 0 Å². The molecule has 1 fully saturated rings. The van der Waals surface area contributed by atoms with Gasteiger partial charge in [0.25, 0.3) is 5.91 Å². The lowest BCUT2D eigenvalue weighted by atomic mass is 10.2. The molecule has 24 heavy (non-hydrogen) atoms. The molecule has 5 heteroatoms. The van der Waals surface area contributed by atoms with Crippen LogP contribution < -0.4 is 5.32 Å². The molecule has 1 saturated heterocycles. The number of carbonyl (C=O) groups is 1. The Morgan fingerprint density at radius 3 is 2.58 bits per heavy atom. The number of para-hydroxylation sites is 1. The normalized spacial score (nSPS) is 15.8. The molecule has 0 radical (unpaired) electrons. The van der Waals surface area contributed by atoms with Crippen LogP contribution >= 0.6 is 0 Å². The third-order valence-electron chi connectivity index (χ3n) is 4.54. The first-order chi connectivity index (χ1) is 11.8. The summed E-state index contributed by atoms with van der Waals surface area (Å²) in [5.74, 6) is -0.0628. The molecule has 0 bridgehead atoms. The molecule has 2 heterocycles. The summed E-state index contributed by atoms with van der Waals surface area (Å²) < 4.78 is 1.82. The van der Waals surface area contributed by atoms with Crippen LogP contribution in [0.2, 0.25) is 0 Å². The number of likely N-dealkylation sites (tertiary alicyclic amines) is 1. The maximum atomic E-state index is 12.4. The van der Waals surface area contributed by atoms with E-state index >= 15 is 0 Å². The lowest BCUT2D eigenvalue weighted by Crippen LogP contribution is -2.31. The van der Waals surface area contributed by atoms with E-state index in [0.717, 1.165) is 18.7 Å². The first-order valence-corrected chi connectivity index (χ1v) is 8.93. The number of benzene rings is 1. The van der Waals surface area contributed by atoms with Crippen LogP contribution in [-0.4, -0.2) is 46.5 Å². The number of nitrogens with one attached hydrogen (secondary N) is 1. The number of amides is 1. The zero-order valence-corrected chi connectivity index (χ0v) is 14.2. The largest absolute Gasteiger partial charge is 0.351 e. The first kappa shape index (κ1) is 16.7. The van der Waals surface area contributed by atoms with Gasteiger partial charge in [0.15, 0.2) is 0 Å². The molecule has 0 aliphatic carbocycles. The maximum absolute atomic E-state index is 12.4. The Balaban J connectivity index is 1.48. The van der Waals surface area contributed by atoms with Crippen molar-refractivity contribution >= 4 is 5.91 Å². The minimum atomic E-state index is -0.0628. The van der Waals surface area contributed by atoms with Crippen LogP contribution in [0.1, 0.15) is 42.6 Å². The summed E-state index contributed by atoms with van der Waals surface area (Å²) in [4.78, 5) is 19.1. The molecule has 1 aromatic heterocycles. The molecular formula is C19H26N4O. The molecular weight excluding hydrogens is 300 g/mol. The first-order valence-electron chi connectivity index (χ1n) is 8.93. The van der Waals surface area contributed by atoms with Gasteiger partial charge in [-0.2, -0.15) is 0 Å². The van der Waals surface area contributed by atoms with Crippen molar-refractivity contribution in [2.75, 3.05) is 26.2 Å². The van der Waals surface area contributed by atoms with Gasteiger partial charge in [0, 0.05) is 12.2 Å². The standard InChI is InChI=1S/C19H26N4O/c24-19(21-11-8-14-22-12-6-1-2-7-13-22)18-15-20-16-23(18)17-9-4-3-5-10-17/h3-5,9-10,15-16H,1-2,6-8,11-14H2,(H,21,24). The number of nitrogens with zero attached hydrogens (tertiary/aromatic N) is 3. The number of imidazole rings is 1. The van der Waals surface area contributed by atoms with Crippen LogP contribution in [0.3, 0.4) is 0 Å². The van der Waals surface area contributed by atoms with Crippen molar-refractivity contribution in [3.8, 4) is 5.69 Å². The fraction of sp³-hybridized carbons (Fsp3) is 0.474. The van der Waals surface area contributed by atoms with Gasteiger partial charge in [-0.15, -0.1) is 0 Å². The minimum absolute atomic E-state index is 0.0628. The van der Waals surface area contributed by atoms with Crippen LogP contribution in [0.15, 0.2) is 42.9 Å². The molecule has 3 rings (SSSR count). The second-order valence-electron chi connectivity index (χ2n) is 6.35. The van der Waals surface area contributed by atoms with Crippen LogP contribution in [-0.2, 0) is 0 Å². The van der Waals surface area contributed by atoms with Gasteiger partial charge in [-0.1, -0.05) is 31.0 Å². The van der Waals surface area contributed by atoms with Crippen LogP contribution in [0.4, 0.5) is 0 Å². The van der Waals surface area contributed by atoms with Gasteiger partial charge >= 0.3 is 0 Å². The molecule has 2 aromatic rings. The van der Waals surface area contributed by atoms with Gasteiger partial charge in [0.1, 0.15) is 5.69 Å². The van der Waals surface area contributed by atoms with E-state index < -0.39 is 0 Å². The number of hydrogen-bond acceptors (Lipinski definition) is 3. The van der Waals surface area contributed by atoms with E-state index in [1.54, 1.807) is 12.5 Å². The second-order valence-corrected chi connectivity index (χ2v) is 6.35. The van der Waals surface area contributed by atoms with Gasteiger partial charge in [-0.25, -0.2) is 4.98 Å². The predicted octanol–water partition coefficient (Wildman–Crippen LogP) is 2.87. The highest BCUT2D eigenvalue weighted by Gasteiger charge is 2.13. The second kappa shape index (κ2) is 8.64. The molecule has 0 unspecified atom stereocenters. The van der Waals surface area contributed by atoms with E-state index in [1.807, 2.05) is 34.9 Å². The number of carbonyl (C=O) groups excluding carboxylic acids is 1. The molecule has 5 nitrogen and oxygen atoms in total. The van der Waals surface area contributed by atoms with E-state index in [4.69, 9.17) is 0 Å². The third-order valence-corrected chi connectivity index (χ3v) is 4.54. The van der Waals surface area contributed by atoms with Crippen LogP contribution in [0, 0.1) is 0 Å². The summed E-state index contributed by atoms with van der Waals surface area (Å²) in [6, 6.07) is 9.81. The zero-order valence-electron chi connectivity index (χ0n) is 14.2. The van der Waals surface area contributed by atoms with E-state index in [2.05, 4.69) is 15.2 Å². The van der Waals surface area contributed by atoms with Gasteiger partial charge in [-0.05, 0) is 51.0 Å². The van der Waals surface area contributed by atoms with Gasteiger partial charge in [-0.3, -0.25) is 9.36 Å². The predicted molar refractivity (Wildman–Crippen MR) is 95.4 cm³/mol. The highest BCUT2D eigenvalue weighted by molar-refractivity contribution is 5.92. The molecule has 1 N–H and O–H groups in total. The summed E-state index contributed by atoms with van der Waals surface area (Å²) in [5, 5.41) is 3.02. The minimum Gasteiger partial charge on any atom is -0.351 e. The van der Waals surface area contributed by atoms with Crippen molar-refractivity contribution in [3.05, 3.63) is 48.5 Å². The molecule has 0 atom stereocenters. The monoisotopic (exact) mass is 326 g/mol. The lowest BCUT2D eigenvalue weighted by molar-refractivity contribution is 0.0945. The summed E-state index contributed by atoms with van der Waals surface area (Å²) in [5.41, 5.74) is 1.53. The number of aromatic nitrogens is 2. The van der Waals surface area contributed by atoms with Gasteiger partial charge in [0.2, 0.25) is 0 Å². The van der Waals surface area contributed by atoms with Gasteiger partial charge in [0.05, 0.1) is 12.5 Å². The highest BCUT2D eigenvalue weighted by atomic mass is 16.1. The average Bonchev–Trinajstić information content (AvgIpc) is 2.97. The van der Waals surface area contributed by atoms with E-state index in [9.17, 15) is 4.79 Å². The smallest absolute Gasteiger partial charge is 0.269 e. The van der Waals surface area contributed by atoms with Crippen molar-refractivity contribution in [1.29, 1.82) is 0 Å². The fourth-order valence-electron chi connectivity index (χ4n) is 3.21. The Bertz CT molecular complexity index is 630. The van der Waals surface area contributed by atoms with Crippen molar-refractivity contribution < 1.29 is 4.79 Å². The third kappa shape index (κ3) is 4.45. The van der Waals surface area contributed by atoms with Gasteiger partial charge < -0.3 is 10.2 Å². The quantitative estimate of drug-likeness (QED) is 0.831. The number of hydrogen-bond donors (Lipinski definition) is 1. The molecule has 0 spiro atoms. The molecule has 1 amide bonds. The molecule has 1 aliphatic rings. The fourth-order valence-corrected chi connectivity index (χ4v) is 3.21. The Labute approximate surface area is 143 Å². The molecule has 1 aromatic carbocycles. The summed E-state index contributed by atoms with van der Waals surface area (Å²) in [7, 11) is 0. The van der Waals surface area contributed by atoms with Crippen LogP contribution in [0.25, 0.3) is 5.69 Å². The Hall–Kier alpha value is -2.14. The summed E-state index contributed by atoms with van der Waals surface area (Å²) in [6.07, 6.45) is 9.63. The maximum Gasteiger partial charge on any atom is 0.269 e. The Morgan fingerprint density at radius 2 is 1.83 bits per heavy atom. The molecule has 1 aliphatic heterocycles. The highest BCUT2D eigenvalue weighted by Crippen LogP contribution is 2.11. The topological polar surface area (TPSA) is 50.2 Å². The zero-order chi connectivity index (χ0) is 16.6. The lowest BCUT2D eigenvalue weighted by Gasteiger charge is -2.19. The molecule has 128 valence electrons. The van der Waals surface area contributed by atoms with Crippen molar-refractivity contribution in [2.45, 2.75) is 32.1 Å². The number of rotatable bonds is 6. The SMILES string of the molecule is O=C(NCCCN1CCCCCC1)c1cncn1-c1ccccc1. The summed E-state index contributed by atoms with van der Waals surface area (Å²) >= 11 is 0. The van der Waals surface area contributed by atoms with Crippen molar-refractivity contribution in [1.82, 2.24) is 19.8 Å².